The van der Waals surface area contributed by atoms with Gasteiger partial charge in [0.2, 0.25) is 5.91 Å². The van der Waals surface area contributed by atoms with Crippen LogP contribution in [0.1, 0.15) is 31.2 Å². The minimum atomic E-state index is -0.864. The standard InChI is InChI=1S/C18H24N2O3/c21-17(20-10-4-7-16(20)18(22)23)15-8-11-19(12-9-15)13-14-5-2-1-3-6-14/h1-3,5-6,15-16H,4,7-13H2,(H,22,23)/t16-/m1/s1. The Hall–Kier alpha value is -1.88. The van der Waals surface area contributed by atoms with Crippen LogP contribution in [0.25, 0.3) is 0 Å². The fourth-order valence-electron chi connectivity index (χ4n) is 3.70. The van der Waals surface area contributed by atoms with Crippen LogP contribution in [0.3, 0.4) is 0 Å². The molecule has 2 heterocycles. The Kier molecular flexibility index (Phi) is 4.96. The zero-order valence-corrected chi connectivity index (χ0v) is 13.4. The van der Waals surface area contributed by atoms with Crippen LogP contribution in [0.4, 0.5) is 0 Å². The minimum Gasteiger partial charge on any atom is -0.480 e. The molecule has 1 aromatic carbocycles. The first kappa shape index (κ1) is 16.0. The summed E-state index contributed by atoms with van der Waals surface area (Å²) in [6.45, 7) is 3.32. The molecule has 0 radical (unpaired) electrons. The second-order valence-electron chi connectivity index (χ2n) is 6.56. The Morgan fingerprint density at radius 3 is 2.39 bits per heavy atom. The van der Waals surface area contributed by atoms with E-state index in [0.717, 1.165) is 38.9 Å². The molecular formula is C18H24N2O3. The SMILES string of the molecule is O=C(O)[C@H]1CCCN1C(=O)C1CCN(Cc2ccccc2)CC1. The lowest BCUT2D eigenvalue weighted by Gasteiger charge is -2.34. The number of amides is 1. The molecule has 1 N–H and O–H groups in total. The average Bonchev–Trinajstić information content (AvgIpc) is 3.06. The Bertz CT molecular complexity index is 553. The van der Waals surface area contributed by atoms with Crippen molar-refractivity contribution in [2.75, 3.05) is 19.6 Å². The number of nitrogens with zero attached hydrogens (tertiary/aromatic N) is 2. The topological polar surface area (TPSA) is 60.9 Å². The van der Waals surface area contributed by atoms with E-state index in [0.29, 0.717) is 13.0 Å². The second kappa shape index (κ2) is 7.13. The van der Waals surface area contributed by atoms with E-state index in [1.54, 1.807) is 4.90 Å². The zero-order chi connectivity index (χ0) is 16.2. The highest BCUT2D eigenvalue weighted by atomic mass is 16.4. The van der Waals surface area contributed by atoms with E-state index in [2.05, 4.69) is 17.0 Å². The number of carbonyl (C=O) groups excluding carboxylic acids is 1. The zero-order valence-electron chi connectivity index (χ0n) is 13.4. The number of hydrogen-bond acceptors (Lipinski definition) is 3. The molecule has 0 saturated carbocycles. The molecule has 2 aliphatic rings. The molecule has 2 fully saturated rings. The lowest BCUT2D eigenvalue weighted by Crippen LogP contribution is -2.46. The van der Waals surface area contributed by atoms with E-state index >= 15 is 0 Å². The van der Waals surface area contributed by atoms with Gasteiger partial charge in [-0.05, 0) is 44.3 Å². The number of hydrogen-bond donors (Lipinski definition) is 1. The van der Waals surface area contributed by atoms with Crippen LogP contribution in [-0.4, -0.2) is 52.5 Å². The van der Waals surface area contributed by atoms with Gasteiger partial charge < -0.3 is 10.0 Å². The highest BCUT2D eigenvalue weighted by Crippen LogP contribution is 2.26. The van der Waals surface area contributed by atoms with Gasteiger partial charge in [-0.25, -0.2) is 4.79 Å². The first-order valence-electron chi connectivity index (χ1n) is 8.44. The van der Waals surface area contributed by atoms with Gasteiger partial charge in [-0.15, -0.1) is 0 Å². The maximum atomic E-state index is 12.6. The van der Waals surface area contributed by atoms with Gasteiger partial charge in [-0.1, -0.05) is 30.3 Å². The highest BCUT2D eigenvalue weighted by molar-refractivity contribution is 5.85. The van der Waals surface area contributed by atoms with Crippen molar-refractivity contribution in [3.05, 3.63) is 35.9 Å². The molecule has 0 bridgehead atoms. The van der Waals surface area contributed by atoms with E-state index in [1.165, 1.54) is 5.56 Å². The number of carbonyl (C=O) groups is 2. The second-order valence-corrected chi connectivity index (χ2v) is 6.56. The molecule has 1 atom stereocenters. The number of piperidine rings is 1. The number of benzene rings is 1. The normalized spacial score (nSPS) is 23.1. The van der Waals surface area contributed by atoms with Gasteiger partial charge in [0.15, 0.2) is 0 Å². The van der Waals surface area contributed by atoms with Crippen LogP contribution < -0.4 is 0 Å². The van der Waals surface area contributed by atoms with E-state index in [-0.39, 0.29) is 11.8 Å². The quantitative estimate of drug-likeness (QED) is 0.922. The summed E-state index contributed by atoms with van der Waals surface area (Å²) in [5, 5.41) is 9.23. The Balaban J connectivity index is 1.52. The van der Waals surface area contributed by atoms with Crippen LogP contribution in [0, 0.1) is 5.92 Å². The number of rotatable bonds is 4. The predicted octanol–water partition coefficient (Wildman–Crippen LogP) is 1.97. The van der Waals surface area contributed by atoms with Crippen LogP contribution in [0.5, 0.6) is 0 Å². The van der Waals surface area contributed by atoms with Crippen LogP contribution in [0.15, 0.2) is 30.3 Å². The molecular weight excluding hydrogens is 292 g/mol. The lowest BCUT2D eigenvalue weighted by molar-refractivity contribution is -0.150. The van der Waals surface area contributed by atoms with Crippen LogP contribution >= 0.6 is 0 Å². The number of carboxylic acids is 1. The largest absolute Gasteiger partial charge is 0.480 e. The molecule has 5 heteroatoms. The van der Waals surface area contributed by atoms with Crippen molar-refractivity contribution in [1.29, 1.82) is 0 Å². The van der Waals surface area contributed by atoms with Gasteiger partial charge in [0.1, 0.15) is 6.04 Å². The fourth-order valence-corrected chi connectivity index (χ4v) is 3.70. The first-order valence-corrected chi connectivity index (χ1v) is 8.44. The maximum Gasteiger partial charge on any atom is 0.326 e. The summed E-state index contributed by atoms with van der Waals surface area (Å²) in [4.78, 5) is 27.8. The number of aliphatic carboxylic acids is 1. The molecule has 124 valence electrons. The predicted molar refractivity (Wildman–Crippen MR) is 86.8 cm³/mol. The first-order chi connectivity index (χ1) is 11.1. The summed E-state index contributed by atoms with van der Waals surface area (Å²) in [5.74, 6) is -0.825. The Morgan fingerprint density at radius 1 is 1.04 bits per heavy atom. The Morgan fingerprint density at radius 2 is 1.74 bits per heavy atom. The third-order valence-electron chi connectivity index (χ3n) is 5.01. The monoisotopic (exact) mass is 316 g/mol. The van der Waals surface area contributed by atoms with Gasteiger partial charge >= 0.3 is 5.97 Å². The molecule has 23 heavy (non-hydrogen) atoms. The van der Waals surface area contributed by atoms with E-state index < -0.39 is 12.0 Å². The molecule has 1 aromatic rings. The van der Waals surface area contributed by atoms with Crippen molar-refractivity contribution in [2.24, 2.45) is 5.92 Å². The lowest BCUT2D eigenvalue weighted by atomic mass is 9.94. The smallest absolute Gasteiger partial charge is 0.326 e. The molecule has 2 aliphatic heterocycles. The van der Waals surface area contributed by atoms with Gasteiger partial charge in [0.25, 0.3) is 0 Å². The van der Waals surface area contributed by atoms with Crippen LogP contribution in [0.2, 0.25) is 0 Å². The molecule has 0 aromatic heterocycles. The number of likely N-dealkylation sites (tertiary alicyclic amines) is 2. The van der Waals surface area contributed by atoms with Gasteiger partial charge in [0, 0.05) is 19.0 Å². The maximum absolute atomic E-state index is 12.6. The fraction of sp³-hybridized carbons (Fsp3) is 0.556. The molecule has 5 nitrogen and oxygen atoms in total. The molecule has 0 unspecified atom stereocenters. The summed E-state index contributed by atoms with van der Waals surface area (Å²) >= 11 is 0. The van der Waals surface area contributed by atoms with Crippen LogP contribution in [-0.2, 0) is 16.1 Å². The van der Waals surface area contributed by atoms with Crippen molar-refractivity contribution < 1.29 is 14.7 Å². The Labute approximate surface area is 136 Å². The average molecular weight is 316 g/mol. The summed E-state index contributed by atoms with van der Waals surface area (Å²) in [5.41, 5.74) is 1.29. The summed E-state index contributed by atoms with van der Waals surface area (Å²) in [6.07, 6.45) is 3.05. The summed E-state index contributed by atoms with van der Waals surface area (Å²) < 4.78 is 0. The molecule has 3 rings (SSSR count). The van der Waals surface area contributed by atoms with Crippen molar-refractivity contribution in [1.82, 2.24) is 9.80 Å². The van der Waals surface area contributed by atoms with Gasteiger partial charge in [-0.3, -0.25) is 9.69 Å². The molecule has 1 amide bonds. The molecule has 0 aliphatic carbocycles. The third-order valence-corrected chi connectivity index (χ3v) is 5.01. The summed E-state index contributed by atoms with van der Waals surface area (Å²) in [6, 6.07) is 9.75. The van der Waals surface area contributed by atoms with E-state index in [9.17, 15) is 14.7 Å². The van der Waals surface area contributed by atoms with E-state index in [4.69, 9.17) is 0 Å². The molecule has 0 spiro atoms. The van der Waals surface area contributed by atoms with Gasteiger partial charge in [-0.2, -0.15) is 0 Å². The minimum absolute atomic E-state index is 0.0121. The summed E-state index contributed by atoms with van der Waals surface area (Å²) in [7, 11) is 0. The van der Waals surface area contributed by atoms with Crippen molar-refractivity contribution >= 4 is 11.9 Å². The van der Waals surface area contributed by atoms with E-state index in [1.807, 2.05) is 18.2 Å². The van der Waals surface area contributed by atoms with Gasteiger partial charge in [0.05, 0.1) is 0 Å². The van der Waals surface area contributed by atoms with Crippen molar-refractivity contribution in [3.8, 4) is 0 Å². The van der Waals surface area contributed by atoms with Crippen molar-refractivity contribution in [3.63, 3.8) is 0 Å². The third kappa shape index (κ3) is 3.72. The highest BCUT2D eigenvalue weighted by Gasteiger charge is 2.37. The number of carboxylic acid groups (broad SMARTS) is 1. The van der Waals surface area contributed by atoms with Crippen molar-refractivity contribution in [2.45, 2.75) is 38.3 Å². The molecule has 2 saturated heterocycles.